The van der Waals surface area contributed by atoms with Crippen molar-refractivity contribution >= 4 is 5.91 Å². The molecule has 1 amide bonds. The van der Waals surface area contributed by atoms with Crippen LogP contribution in [0, 0.1) is 17.5 Å². The number of amides is 1. The Bertz CT molecular complexity index is 679. The normalized spacial score (nSPS) is 17.8. The summed E-state index contributed by atoms with van der Waals surface area (Å²) in [6.45, 7) is 0.425. The average molecular weight is 305 g/mol. The van der Waals surface area contributed by atoms with Crippen molar-refractivity contribution in [3.05, 3.63) is 71.0 Å². The van der Waals surface area contributed by atoms with Gasteiger partial charge in [0.1, 0.15) is 23.0 Å². The second-order valence-electron chi connectivity index (χ2n) is 5.30. The maximum atomic E-state index is 13.8. The molecule has 2 aromatic rings. The first kappa shape index (κ1) is 14.6. The van der Waals surface area contributed by atoms with Crippen LogP contribution in [0.5, 0.6) is 0 Å². The Morgan fingerprint density at radius 3 is 2.27 bits per heavy atom. The second-order valence-corrected chi connectivity index (χ2v) is 5.30. The van der Waals surface area contributed by atoms with Crippen molar-refractivity contribution in [3.8, 4) is 0 Å². The number of carbonyl (C=O) groups excluding carboxylic acids is 1. The van der Waals surface area contributed by atoms with E-state index in [1.807, 2.05) is 0 Å². The number of halogens is 3. The minimum Gasteiger partial charge on any atom is -0.331 e. The Labute approximate surface area is 126 Å². The van der Waals surface area contributed by atoms with Gasteiger partial charge < -0.3 is 4.90 Å². The summed E-state index contributed by atoms with van der Waals surface area (Å²) in [6, 6.07) is 8.92. The predicted octanol–water partition coefficient (Wildman–Crippen LogP) is 4.08. The maximum absolute atomic E-state index is 13.8. The summed E-state index contributed by atoms with van der Waals surface area (Å²) >= 11 is 0. The van der Waals surface area contributed by atoms with Crippen LogP contribution < -0.4 is 0 Å². The Balaban J connectivity index is 1.93. The predicted molar refractivity (Wildman–Crippen MR) is 75.8 cm³/mol. The topological polar surface area (TPSA) is 20.3 Å². The zero-order valence-corrected chi connectivity index (χ0v) is 11.7. The lowest BCUT2D eigenvalue weighted by atomic mass is 10.0. The van der Waals surface area contributed by atoms with Gasteiger partial charge in [-0.05, 0) is 42.7 Å². The van der Waals surface area contributed by atoms with E-state index in [0.717, 1.165) is 24.1 Å². The number of carbonyl (C=O) groups is 1. The van der Waals surface area contributed by atoms with E-state index >= 15 is 0 Å². The van der Waals surface area contributed by atoms with Crippen molar-refractivity contribution in [2.45, 2.75) is 18.9 Å². The highest BCUT2D eigenvalue weighted by Gasteiger charge is 2.33. The fourth-order valence-corrected chi connectivity index (χ4v) is 2.89. The third kappa shape index (κ3) is 2.58. The third-order valence-electron chi connectivity index (χ3n) is 3.95. The molecule has 3 rings (SSSR count). The Hall–Kier alpha value is -2.30. The molecule has 0 spiro atoms. The molecule has 1 aliphatic rings. The SMILES string of the molecule is O=C(c1c(F)cccc1F)N1CCC[C@H]1c1ccc(F)cc1. The Morgan fingerprint density at radius 2 is 1.64 bits per heavy atom. The third-order valence-corrected chi connectivity index (χ3v) is 3.95. The molecule has 114 valence electrons. The summed E-state index contributed by atoms with van der Waals surface area (Å²) < 4.78 is 40.6. The molecule has 1 fully saturated rings. The molecule has 1 atom stereocenters. The van der Waals surface area contributed by atoms with Crippen LogP contribution in [-0.4, -0.2) is 17.4 Å². The van der Waals surface area contributed by atoms with Crippen molar-refractivity contribution < 1.29 is 18.0 Å². The van der Waals surface area contributed by atoms with E-state index in [1.165, 1.54) is 23.1 Å². The number of nitrogens with zero attached hydrogens (tertiary/aromatic N) is 1. The van der Waals surface area contributed by atoms with Crippen molar-refractivity contribution in [1.82, 2.24) is 4.90 Å². The molecule has 0 saturated carbocycles. The molecule has 1 heterocycles. The van der Waals surface area contributed by atoms with Gasteiger partial charge in [-0.25, -0.2) is 13.2 Å². The van der Waals surface area contributed by atoms with Crippen molar-refractivity contribution in [1.29, 1.82) is 0 Å². The molecule has 1 aliphatic heterocycles. The van der Waals surface area contributed by atoms with Gasteiger partial charge in [-0.15, -0.1) is 0 Å². The Morgan fingerprint density at radius 1 is 1.00 bits per heavy atom. The standard InChI is InChI=1S/C17H14F3NO/c18-12-8-6-11(7-9-12)15-5-2-10-21(15)17(22)16-13(19)3-1-4-14(16)20/h1,3-4,6-9,15H,2,5,10H2/t15-/m0/s1. The number of benzene rings is 2. The highest BCUT2D eigenvalue weighted by molar-refractivity contribution is 5.95. The summed E-state index contributed by atoms with van der Waals surface area (Å²) in [5, 5.41) is 0. The molecule has 5 heteroatoms. The molecule has 0 aliphatic carbocycles. The van der Waals surface area contributed by atoms with Crippen LogP contribution in [0.25, 0.3) is 0 Å². The lowest BCUT2D eigenvalue weighted by molar-refractivity contribution is 0.0725. The fourth-order valence-electron chi connectivity index (χ4n) is 2.89. The zero-order valence-electron chi connectivity index (χ0n) is 11.7. The van der Waals surface area contributed by atoms with Crippen LogP contribution >= 0.6 is 0 Å². The van der Waals surface area contributed by atoms with Crippen molar-refractivity contribution in [2.75, 3.05) is 6.54 Å². The molecular weight excluding hydrogens is 291 g/mol. The molecule has 0 N–H and O–H groups in total. The van der Waals surface area contributed by atoms with Crippen LogP contribution in [0.1, 0.15) is 34.8 Å². The monoisotopic (exact) mass is 305 g/mol. The van der Waals surface area contributed by atoms with Gasteiger partial charge in [0.2, 0.25) is 0 Å². The quantitative estimate of drug-likeness (QED) is 0.818. The first-order valence-corrected chi connectivity index (χ1v) is 7.08. The van der Waals surface area contributed by atoms with E-state index in [9.17, 15) is 18.0 Å². The summed E-state index contributed by atoms with van der Waals surface area (Å²) in [6.07, 6.45) is 1.43. The largest absolute Gasteiger partial charge is 0.331 e. The van der Waals surface area contributed by atoms with E-state index in [0.29, 0.717) is 13.0 Å². The van der Waals surface area contributed by atoms with Gasteiger partial charge in [0.05, 0.1) is 6.04 Å². The van der Waals surface area contributed by atoms with Crippen LogP contribution in [0.3, 0.4) is 0 Å². The number of hydrogen-bond acceptors (Lipinski definition) is 1. The van der Waals surface area contributed by atoms with Gasteiger partial charge >= 0.3 is 0 Å². The number of hydrogen-bond donors (Lipinski definition) is 0. The van der Waals surface area contributed by atoms with E-state index in [2.05, 4.69) is 0 Å². The van der Waals surface area contributed by atoms with E-state index in [1.54, 1.807) is 12.1 Å². The van der Waals surface area contributed by atoms with Crippen LogP contribution in [-0.2, 0) is 0 Å². The molecule has 0 aromatic heterocycles. The lowest BCUT2D eigenvalue weighted by Gasteiger charge is -2.25. The maximum Gasteiger partial charge on any atom is 0.260 e. The fraction of sp³-hybridized carbons (Fsp3) is 0.235. The minimum absolute atomic E-state index is 0.285. The van der Waals surface area contributed by atoms with Gasteiger partial charge in [-0.2, -0.15) is 0 Å². The summed E-state index contributed by atoms with van der Waals surface area (Å²) in [7, 11) is 0. The van der Waals surface area contributed by atoms with Gasteiger partial charge in [-0.1, -0.05) is 18.2 Å². The Kier molecular flexibility index (Phi) is 3.88. The molecule has 1 saturated heterocycles. The average Bonchev–Trinajstić information content (AvgIpc) is 2.97. The zero-order chi connectivity index (χ0) is 15.7. The molecule has 0 radical (unpaired) electrons. The van der Waals surface area contributed by atoms with Crippen molar-refractivity contribution in [3.63, 3.8) is 0 Å². The first-order chi connectivity index (χ1) is 10.6. The number of likely N-dealkylation sites (tertiary alicyclic amines) is 1. The van der Waals surface area contributed by atoms with Crippen LogP contribution in [0.2, 0.25) is 0 Å². The smallest absolute Gasteiger partial charge is 0.260 e. The molecule has 2 aromatic carbocycles. The second kappa shape index (κ2) is 5.83. The summed E-state index contributed by atoms with van der Waals surface area (Å²) in [4.78, 5) is 14.0. The highest BCUT2D eigenvalue weighted by atomic mass is 19.1. The minimum atomic E-state index is -0.866. The molecule has 0 bridgehead atoms. The molecule has 2 nitrogen and oxygen atoms in total. The van der Waals surface area contributed by atoms with Crippen molar-refractivity contribution in [2.24, 2.45) is 0 Å². The van der Waals surface area contributed by atoms with Gasteiger partial charge in [0, 0.05) is 6.54 Å². The van der Waals surface area contributed by atoms with Crippen LogP contribution in [0.4, 0.5) is 13.2 Å². The first-order valence-electron chi connectivity index (χ1n) is 7.08. The van der Waals surface area contributed by atoms with E-state index in [-0.39, 0.29) is 11.9 Å². The molecular formula is C17H14F3NO. The summed E-state index contributed by atoms with van der Waals surface area (Å²) in [5.41, 5.74) is 0.237. The van der Waals surface area contributed by atoms with E-state index < -0.39 is 23.1 Å². The lowest BCUT2D eigenvalue weighted by Crippen LogP contribution is -2.32. The van der Waals surface area contributed by atoms with Crippen LogP contribution in [0.15, 0.2) is 42.5 Å². The molecule has 0 unspecified atom stereocenters. The van der Waals surface area contributed by atoms with Gasteiger partial charge in [-0.3, -0.25) is 4.79 Å². The van der Waals surface area contributed by atoms with Gasteiger partial charge in [0.25, 0.3) is 5.91 Å². The summed E-state index contributed by atoms with van der Waals surface area (Å²) in [5.74, 6) is -2.76. The number of rotatable bonds is 2. The highest BCUT2D eigenvalue weighted by Crippen LogP contribution is 2.33. The molecule has 22 heavy (non-hydrogen) atoms. The van der Waals surface area contributed by atoms with E-state index in [4.69, 9.17) is 0 Å². The van der Waals surface area contributed by atoms with Gasteiger partial charge in [0.15, 0.2) is 0 Å².